The maximum atomic E-state index is 12.7. The van der Waals surface area contributed by atoms with Crippen molar-refractivity contribution in [1.82, 2.24) is 15.3 Å². The van der Waals surface area contributed by atoms with Crippen LogP contribution in [0.4, 0.5) is 5.95 Å². The summed E-state index contributed by atoms with van der Waals surface area (Å²) in [4.78, 5) is 23.4. The zero-order valence-electron chi connectivity index (χ0n) is 14.7. The highest BCUT2D eigenvalue weighted by atomic mass is 16.6. The van der Waals surface area contributed by atoms with Gasteiger partial charge < -0.3 is 19.7 Å². The van der Waals surface area contributed by atoms with E-state index in [4.69, 9.17) is 9.47 Å². The maximum absolute atomic E-state index is 12.7. The van der Waals surface area contributed by atoms with E-state index >= 15 is 0 Å². The minimum Gasteiger partial charge on any atom is -0.482 e. The fourth-order valence-electron chi connectivity index (χ4n) is 3.37. The van der Waals surface area contributed by atoms with Gasteiger partial charge in [0.15, 0.2) is 11.5 Å². The van der Waals surface area contributed by atoms with Crippen molar-refractivity contribution in [2.75, 3.05) is 18.0 Å². The number of benzene rings is 1. The number of nitrogens with zero attached hydrogens (tertiary/aromatic N) is 3. The lowest BCUT2D eigenvalue weighted by Crippen LogP contribution is -2.53. The van der Waals surface area contributed by atoms with E-state index in [-0.39, 0.29) is 18.1 Å². The molecule has 0 radical (unpaired) electrons. The van der Waals surface area contributed by atoms with E-state index in [0.29, 0.717) is 11.5 Å². The first-order valence-electron chi connectivity index (χ1n) is 8.95. The molecule has 2 atom stereocenters. The molecule has 4 rings (SSSR count). The molecular formula is C19H22N4O3. The molecule has 0 saturated carbocycles. The van der Waals surface area contributed by atoms with Crippen LogP contribution in [-0.4, -0.2) is 47.2 Å². The number of anilines is 1. The van der Waals surface area contributed by atoms with Gasteiger partial charge in [0, 0.05) is 31.5 Å². The van der Waals surface area contributed by atoms with Gasteiger partial charge in [-0.05, 0) is 38.0 Å². The lowest BCUT2D eigenvalue weighted by atomic mass is 10.0. The summed E-state index contributed by atoms with van der Waals surface area (Å²) in [6.45, 7) is 3.49. The summed E-state index contributed by atoms with van der Waals surface area (Å²) < 4.78 is 11.7. The predicted molar refractivity (Wildman–Crippen MR) is 96.4 cm³/mol. The van der Waals surface area contributed by atoms with Gasteiger partial charge in [-0.25, -0.2) is 9.97 Å². The lowest BCUT2D eigenvalue weighted by Gasteiger charge is -2.35. The summed E-state index contributed by atoms with van der Waals surface area (Å²) in [5.41, 5.74) is 0. The molecule has 0 spiro atoms. The van der Waals surface area contributed by atoms with Gasteiger partial charge in [-0.3, -0.25) is 4.79 Å². The fourth-order valence-corrected chi connectivity index (χ4v) is 3.37. The molecule has 7 heteroatoms. The number of hydrogen-bond acceptors (Lipinski definition) is 6. The highest BCUT2D eigenvalue weighted by Crippen LogP contribution is 2.33. The van der Waals surface area contributed by atoms with Crippen molar-refractivity contribution in [3.8, 4) is 11.5 Å². The largest absolute Gasteiger partial charge is 0.482 e. The number of carbonyl (C=O) groups is 1. The number of hydrogen-bond donors (Lipinski definition) is 1. The van der Waals surface area contributed by atoms with Crippen LogP contribution in [0.25, 0.3) is 0 Å². The van der Waals surface area contributed by atoms with Gasteiger partial charge in [0.2, 0.25) is 12.1 Å². The molecule has 0 aliphatic carbocycles. The lowest BCUT2D eigenvalue weighted by molar-refractivity contribution is -0.134. The highest BCUT2D eigenvalue weighted by Gasteiger charge is 2.35. The Labute approximate surface area is 152 Å². The Morgan fingerprint density at radius 1 is 1.08 bits per heavy atom. The zero-order chi connectivity index (χ0) is 17.9. The molecule has 2 aliphatic heterocycles. The Bertz CT molecular complexity index is 762. The molecule has 2 unspecified atom stereocenters. The van der Waals surface area contributed by atoms with Crippen LogP contribution >= 0.6 is 0 Å². The fraction of sp³-hybridized carbons (Fsp3) is 0.421. The molecule has 2 aromatic rings. The van der Waals surface area contributed by atoms with Crippen LogP contribution in [0.5, 0.6) is 11.5 Å². The number of piperidine rings is 1. The van der Waals surface area contributed by atoms with Crippen LogP contribution in [0.1, 0.15) is 19.8 Å². The number of nitrogens with one attached hydrogen (secondary N) is 1. The van der Waals surface area contributed by atoms with Crippen LogP contribution in [0.15, 0.2) is 42.7 Å². The average molecular weight is 354 g/mol. The summed E-state index contributed by atoms with van der Waals surface area (Å²) in [7, 11) is 0. The number of para-hydroxylation sites is 2. The van der Waals surface area contributed by atoms with E-state index in [9.17, 15) is 4.79 Å². The van der Waals surface area contributed by atoms with Crippen LogP contribution in [0.3, 0.4) is 0 Å². The van der Waals surface area contributed by atoms with Gasteiger partial charge in [-0.2, -0.15) is 0 Å². The van der Waals surface area contributed by atoms with Crippen LogP contribution in [-0.2, 0) is 4.79 Å². The second-order valence-electron chi connectivity index (χ2n) is 6.63. The standard InChI is InChI=1S/C19H22N4O3/c1-13-17(26-16-6-3-2-5-15(16)25-13)18(24)22-14-7-11-23(12-8-14)19-20-9-4-10-21-19/h2-6,9-10,13-14,17H,7-8,11-12H2,1H3,(H,22,24). The Morgan fingerprint density at radius 2 is 1.73 bits per heavy atom. The molecular weight excluding hydrogens is 332 g/mol. The summed E-state index contributed by atoms with van der Waals surface area (Å²) in [5, 5.41) is 3.11. The predicted octanol–water partition coefficient (Wildman–Crippen LogP) is 1.79. The van der Waals surface area contributed by atoms with Crippen molar-refractivity contribution in [3.63, 3.8) is 0 Å². The highest BCUT2D eigenvalue weighted by molar-refractivity contribution is 5.82. The Hall–Kier alpha value is -2.83. The molecule has 1 fully saturated rings. The average Bonchev–Trinajstić information content (AvgIpc) is 2.68. The van der Waals surface area contributed by atoms with Gasteiger partial charge >= 0.3 is 0 Å². The minimum atomic E-state index is -0.639. The van der Waals surface area contributed by atoms with E-state index in [0.717, 1.165) is 31.9 Å². The van der Waals surface area contributed by atoms with Crippen molar-refractivity contribution < 1.29 is 14.3 Å². The zero-order valence-corrected chi connectivity index (χ0v) is 14.7. The van der Waals surface area contributed by atoms with E-state index in [2.05, 4.69) is 20.2 Å². The van der Waals surface area contributed by atoms with Crippen molar-refractivity contribution in [3.05, 3.63) is 42.7 Å². The van der Waals surface area contributed by atoms with Crippen LogP contribution < -0.4 is 19.7 Å². The molecule has 3 heterocycles. The molecule has 2 aliphatic rings. The molecule has 0 bridgehead atoms. The second-order valence-corrected chi connectivity index (χ2v) is 6.63. The third kappa shape index (κ3) is 3.42. The van der Waals surface area contributed by atoms with Gasteiger partial charge in [-0.15, -0.1) is 0 Å². The molecule has 136 valence electrons. The minimum absolute atomic E-state index is 0.121. The normalized spacial score (nSPS) is 22.7. The third-order valence-electron chi connectivity index (χ3n) is 4.78. The SMILES string of the molecule is CC1Oc2ccccc2OC1C(=O)NC1CCN(c2ncccn2)CC1. The van der Waals surface area contributed by atoms with Crippen LogP contribution in [0.2, 0.25) is 0 Å². The van der Waals surface area contributed by atoms with Gasteiger partial charge in [0.25, 0.3) is 5.91 Å². The van der Waals surface area contributed by atoms with Gasteiger partial charge in [-0.1, -0.05) is 12.1 Å². The van der Waals surface area contributed by atoms with E-state index in [1.54, 1.807) is 12.4 Å². The Balaban J connectivity index is 1.33. The van der Waals surface area contributed by atoms with Crippen molar-refractivity contribution in [2.24, 2.45) is 0 Å². The molecule has 1 saturated heterocycles. The summed E-state index contributed by atoms with van der Waals surface area (Å²) >= 11 is 0. The monoisotopic (exact) mass is 354 g/mol. The molecule has 1 aromatic carbocycles. The number of rotatable bonds is 3. The van der Waals surface area contributed by atoms with Crippen LogP contribution in [0, 0.1) is 0 Å². The molecule has 7 nitrogen and oxygen atoms in total. The van der Waals surface area contributed by atoms with Crippen molar-refractivity contribution >= 4 is 11.9 Å². The summed E-state index contributed by atoms with van der Waals surface area (Å²) in [5.74, 6) is 1.91. The second kappa shape index (κ2) is 7.19. The molecule has 26 heavy (non-hydrogen) atoms. The van der Waals surface area contributed by atoms with Gasteiger partial charge in [0.1, 0.15) is 6.10 Å². The number of fused-ring (bicyclic) bond motifs is 1. The topological polar surface area (TPSA) is 76.6 Å². The molecule has 1 N–H and O–H groups in total. The summed E-state index contributed by atoms with van der Waals surface area (Å²) in [6.07, 6.45) is 4.22. The Morgan fingerprint density at radius 3 is 2.42 bits per heavy atom. The Kier molecular flexibility index (Phi) is 4.60. The first-order chi connectivity index (χ1) is 12.7. The van der Waals surface area contributed by atoms with E-state index in [1.165, 1.54) is 0 Å². The summed E-state index contributed by atoms with van der Waals surface area (Å²) in [6, 6.07) is 9.35. The van der Waals surface area contributed by atoms with E-state index in [1.807, 2.05) is 37.3 Å². The third-order valence-corrected chi connectivity index (χ3v) is 4.78. The van der Waals surface area contributed by atoms with Crippen molar-refractivity contribution in [1.29, 1.82) is 0 Å². The quantitative estimate of drug-likeness (QED) is 0.906. The first-order valence-corrected chi connectivity index (χ1v) is 8.95. The molecule has 1 amide bonds. The maximum Gasteiger partial charge on any atom is 0.265 e. The van der Waals surface area contributed by atoms with Crippen molar-refractivity contribution in [2.45, 2.75) is 38.0 Å². The van der Waals surface area contributed by atoms with E-state index < -0.39 is 6.10 Å². The number of carbonyl (C=O) groups excluding carboxylic acids is 1. The molecule has 1 aromatic heterocycles. The number of amides is 1. The number of aromatic nitrogens is 2. The first kappa shape index (κ1) is 16.6. The van der Waals surface area contributed by atoms with Gasteiger partial charge in [0.05, 0.1) is 0 Å². The smallest absolute Gasteiger partial charge is 0.265 e. The number of ether oxygens (including phenoxy) is 2.